The van der Waals surface area contributed by atoms with Crippen molar-refractivity contribution < 1.29 is 22.6 Å². The first kappa shape index (κ1) is 23.0. The number of benzene rings is 2. The molecule has 33 heavy (non-hydrogen) atoms. The summed E-state index contributed by atoms with van der Waals surface area (Å²) in [7, 11) is -3.63. The van der Waals surface area contributed by atoms with Crippen LogP contribution in [0.1, 0.15) is 16.1 Å². The fourth-order valence-corrected chi connectivity index (χ4v) is 5.25. The van der Waals surface area contributed by atoms with E-state index < -0.39 is 14.9 Å². The minimum Gasteiger partial charge on any atom is -0.451 e. The number of hydrogen-bond donors (Lipinski definition) is 0. The molecule has 2 heterocycles. The standard InChI is InChI=1S/C22H20ClN3O6S/c1-15-2-5-17(6-3-15)33(30,31)25-12-10-24(11-13-25)22(27)21-9-8-20(32-21)18-7-4-16(26(28)29)14-19(18)23/h2-9,14H,10-13H2,1H3. The Hall–Kier alpha value is -3.21. The summed E-state index contributed by atoms with van der Waals surface area (Å²) in [5.41, 5.74) is 1.25. The van der Waals surface area contributed by atoms with Gasteiger partial charge in [0.15, 0.2) is 5.76 Å². The molecule has 9 nitrogen and oxygen atoms in total. The number of halogens is 1. The SMILES string of the molecule is Cc1ccc(S(=O)(=O)N2CCN(C(=O)c3ccc(-c4ccc([N+](=O)[O-])cc4Cl)o3)CC2)cc1. The van der Waals surface area contributed by atoms with Crippen molar-refractivity contribution in [2.24, 2.45) is 0 Å². The average molecular weight is 490 g/mol. The number of amides is 1. The maximum atomic E-state index is 12.9. The zero-order chi connectivity index (χ0) is 23.8. The number of carbonyl (C=O) groups excluding carboxylic acids is 1. The summed E-state index contributed by atoms with van der Waals surface area (Å²) in [6, 6.07) is 13.7. The van der Waals surface area contributed by atoms with Crippen LogP contribution in [0.3, 0.4) is 0 Å². The number of nitro groups is 1. The summed E-state index contributed by atoms with van der Waals surface area (Å²) >= 11 is 6.14. The molecule has 0 aliphatic carbocycles. The van der Waals surface area contributed by atoms with Crippen LogP contribution >= 0.6 is 11.6 Å². The van der Waals surface area contributed by atoms with Crippen LogP contribution in [0.2, 0.25) is 5.02 Å². The van der Waals surface area contributed by atoms with Crippen LogP contribution < -0.4 is 0 Å². The van der Waals surface area contributed by atoms with E-state index in [-0.39, 0.29) is 53.5 Å². The van der Waals surface area contributed by atoms with Gasteiger partial charge in [0.2, 0.25) is 10.0 Å². The van der Waals surface area contributed by atoms with Gasteiger partial charge in [-0.15, -0.1) is 0 Å². The molecule has 0 spiro atoms. The summed E-state index contributed by atoms with van der Waals surface area (Å²) in [5, 5.41) is 11.0. The van der Waals surface area contributed by atoms with Gasteiger partial charge in [0.05, 0.1) is 14.8 Å². The third-order valence-electron chi connectivity index (χ3n) is 5.43. The average Bonchev–Trinajstić information content (AvgIpc) is 3.29. The normalized spacial score (nSPS) is 14.9. The maximum Gasteiger partial charge on any atom is 0.289 e. The molecule has 0 atom stereocenters. The molecule has 0 saturated carbocycles. The van der Waals surface area contributed by atoms with Crippen LogP contribution in [0.15, 0.2) is 63.9 Å². The molecule has 11 heteroatoms. The van der Waals surface area contributed by atoms with Crippen LogP contribution in [0.5, 0.6) is 0 Å². The van der Waals surface area contributed by atoms with E-state index in [0.29, 0.717) is 11.3 Å². The first-order valence-corrected chi connectivity index (χ1v) is 11.9. The molecule has 4 rings (SSSR count). The van der Waals surface area contributed by atoms with Gasteiger partial charge in [-0.2, -0.15) is 4.31 Å². The van der Waals surface area contributed by atoms with Crippen LogP contribution in [0, 0.1) is 17.0 Å². The molecule has 0 bridgehead atoms. The van der Waals surface area contributed by atoms with Crippen molar-refractivity contribution in [2.75, 3.05) is 26.2 Å². The van der Waals surface area contributed by atoms with E-state index in [1.165, 1.54) is 33.5 Å². The summed E-state index contributed by atoms with van der Waals surface area (Å²) in [6.07, 6.45) is 0. The van der Waals surface area contributed by atoms with Gasteiger partial charge < -0.3 is 9.32 Å². The highest BCUT2D eigenvalue weighted by Crippen LogP contribution is 2.32. The molecule has 1 fully saturated rings. The molecule has 0 radical (unpaired) electrons. The summed E-state index contributed by atoms with van der Waals surface area (Å²) in [5.74, 6) is 0.0137. The Bertz CT molecular complexity index is 1310. The van der Waals surface area contributed by atoms with Gasteiger partial charge in [0, 0.05) is 43.9 Å². The van der Waals surface area contributed by atoms with Gasteiger partial charge >= 0.3 is 0 Å². The van der Waals surface area contributed by atoms with E-state index >= 15 is 0 Å². The van der Waals surface area contributed by atoms with Gasteiger partial charge in [-0.05, 0) is 37.3 Å². The minimum atomic E-state index is -3.63. The highest BCUT2D eigenvalue weighted by molar-refractivity contribution is 7.89. The summed E-state index contributed by atoms with van der Waals surface area (Å²) in [4.78, 5) is 25.0. The van der Waals surface area contributed by atoms with Crippen molar-refractivity contribution in [3.63, 3.8) is 0 Å². The van der Waals surface area contributed by atoms with Gasteiger partial charge in [-0.3, -0.25) is 14.9 Å². The molecule has 1 aromatic heterocycles. The summed E-state index contributed by atoms with van der Waals surface area (Å²) < 4.78 is 32.7. The maximum absolute atomic E-state index is 12.9. The van der Waals surface area contributed by atoms with Crippen molar-refractivity contribution in [3.8, 4) is 11.3 Å². The molecule has 1 saturated heterocycles. The number of rotatable bonds is 5. The number of furan rings is 1. The number of carbonyl (C=O) groups is 1. The molecule has 1 aliphatic rings. The van der Waals surface area contributed by atoms with Crippen molar-refractivity contribution in [2.45, 2.75) is 11.8 Å². The van der Waals surface area contributed by atoms with E-state index in [4.69, 9.17) is 16.0 Å². The second-order valence-electron chi connectivity index (χ2n) is 7.59. The van der Waals surface area contributed by atoms with E-state index in [9.17, 15) is 23.3 Å². The molecule has 1 aliphatic heterocycles. The number of non-ortho nitro benzene ring substituents is 1. The zero-order valence-electron chi connectivity index (χ0n) is 17.6. The van der Waals surface area contributed by atoms with E-state index in [2.05, 4.69) is 0 Å². The largest absolute Gasteiger partial charge is 0.451 e. The van der Waals surface area contributed by atoms with Crippen molar-refractivity contribution in [1.82, 2.24) is 9.21 Å². The summed E-state index contributed by atoms with van der Waals surface area (Å²) in [6.45, 7) is 2.67. The monoisotopic (exact) mass is 489 g/mol. The Morgan fingerprint density at radius 1 is 1.03 bits per heavy atom. The number of piperazine rings is 1. The number of aryl methyl sites for hydroxylation is 1. The Morgan fingerprint density at radius 2 is 1.70 bits per heavy atom. The third-order valence-corrected chi connectivity index (χ3v) is 7.66. The molecule has 2 aromatic carbocycles. The molecular formula is C22H20ClN3O6S. The van der Waals surface area contributed by atoms with Crippen molar-refractivity contribution >= 4 is 33.2 Å². The van der Waals surface area contributed by atoms with Crippen molar-refractivity contribution in [1.29, 1.82) is 0 Å². The predicted octanol–water partition coefficient (Wildman–Crippen LogP) is 3.96. The second-order valence-corrected chi connectivity index (χ2v) is 9.94. The number of nitrogens with zero attached hydrogens (tertiary/aromatic N) is 3. The Kier molecular flexibility index (Phi) is 6.24. The van der Waals surface area contributed by atoms with E-state index in [1.54, 1.807) is 30.3 Å². The lowest BCUT2D eigenvalue weighted by Crippen LogP contribution is -2.50. The first-order valence-electron chi connectivity index (χ1n) is 10.1. The van der Waals surface area contributed by atoms with Crippen LogP contribution in [-0.2, 0) is 10.0 Å². The fraction of sp³-hybridized carbons (Fsp3) is 0.227. The minimum absolute atomic E-state index is 0.0780. The lowest BCUT2D eigenvalue weighted by atomic mass is 10.1. The zero-order valence-corrected chi connectivity index (χ0v) is 19.2. The number of nitro benzene ring substituents is 1. The van der Waals surface area contributed by atoms with Gasteiger partial charge in [-0.25, -0.2) is 8.42 Å². The third kappa shape index (κ3) is 4.63. The molecule has 0 N–H and O–H groups in total. The Balaban J connectivity index is 1.44. The van der Waals surface area contributed by atoms with Crippen LogP contribution in [0.25, 0.3) is 11.3 Å². The highest BCUT2D eigenvalue weighted by atomic mass is 35.5. The molecule has 172 valence electrons. The van der Waals surface area contributed by atoms with E-state index in [0.717, 1.165) is 5.56 Å². The van der Waals surface area contributed by atoms with Crippen LogP contribution in [-0.4, -0.2) is 54.6 Å². The highest BCUT2D eigenvalue weighted by Gasteiger charge is 2.31. The first-order chi connectivity index (χ1) is 15.7. The van der Waals surface area contributed by atoms with Gasteiger partial charge in [-0.1, -0.05) is 29.3 Å². The smallest absolute Gasteiger partial charge is 0.289 e. The topological polar surface area (TPSA) is 114 Å². The van der Waals surface area contributed by atoms with Gasteiger partial charge in [0.1, 0.15) is 5.76 Å². The quantitative estimate of drug-likeness (QED) is 0.396. The molecule has 1 amide bonds. The number of hydrogen-bond acceptors (Lipinski definition) is 6. The molecule has 0 unspecified atom stereocenters. The lowest BCUT2D eigenvalue weighted by molar-refractivity contribution is -0.384. The van der Waals surface area contributed by atoms with Crippen molar-refractivity contribution in [3.05, 3.63) is 81.1 Å². The number of sulfonamides is 1. The van der Waals surface area contributed by atoms with Crippen LogP contribution in [0.4, 0.5) is 5.69 Å². The molecular weight excluding hydrogens is 470 g/mol. The fourth-order valence-electron chi connectivity index (χ4n) is 3.56. The second kappa shape index (κ2) is 8.97. The molecule has 3 aromatic rings. The Morgan fingerprint density at radius 3 is 2.30 bits per heavy atom. The Labute approximate surface area is 195 Å². The lowest BCUT2D eigenvalue weighted by Gasteiger charge is -2.33. The van der Waals surface area contributed by atoms with E-state index in [1.807, 2.05) is 6.92 Å². The van der Waals surface area contributed by atoms with Gasteiger partial charge in [0.25, 0.3) is 11.6 Å². The predicted molar refractivity (Wildman–Crippen MR) is 122 cm³/mol.